The molecule has 3 N–H and O–H groups in total. The minimum atomic E-state index is -0.236. The summed E-state index contributed by atoms with van der Waals surface area (Å²) in [5, 5.41) is 11.9. The largest absolute Gasteiger partial charge is 0.355 e. The van der Waals surface area contributed by atoms with Gasteiger partial charge in [-0.1, -0.05) is 0 Å². The fourth-order valence-electron chi connectivity index (χ4n) is 1.50. The summed E-state index contributed by atoms with van der Waals surface area (Å²) in [6.07, 6.45) is 1.91. The third-order valence-electron chi connectivity index (χ3n) is 2.36. The van der Waals surface area contributed by atoms with Crippen molar-refractivity contribution >= 4 is 11.8 Å². The van der Waals surface area contributed by atoms with Crippen LogP contribution < -0.4 is 10.6 Å². The van der Waals surface area contributed by atoms with E-state index < -0.39 is 0 Å². The molecule has 2 rings (SSSR count). The summed E-state index contributed by atoms with van der Waals surface area (Å²) in [7, 11) is 0. The van der Waals surface area contributed by atoms with E-state index in [2.05, 4.69) is 20.8 Å². The molecule has 1 fully saturated rings. The zero-order chi connectivity index (χ0) is 10.7. The Kier molecular flexibility index (Phi) is 2.66. The number of aromatic nitrogens is 2. The Bertz CT molecular complexity index is 360. The molecule has 0 aromatic carbocycles. The van der Waals surface area contributed by atoms with Crippen LogP contribution >= 0.6 is 0 Å². The average Bonchev–Trinajstić information content (AvgIpc) is 2.84. The molecular formula is C9H12N4O2. The van der Waals surface area contributed by atoms with Crippen LogP contribution in [0, 0.1) is 5.92 Å². The van der Waals surface area contributed by atoms with Gasteiger partial charge in [0.2, 0.25) is 11.8 Å². The standard InChI is InChI=1S/C9H12N4O2/c14-8-3-6(4-10-8)9(15)11-5-7-1-2-12-13-7/h1-2,6H,3-5H2,(H,10,14)(H,11,15)(H,12,13). The minimum absolute atomic E-state index is 0.0586. The molecule has 1 unspecified atom stereocenters. The number of nitrogens with zero attached hydrogens (tertiary/aromatic N) is 1. The van der Waals surface area contributed by atoms with E-state index in [0.717, 1.165) is 5.69 Å². The van der Waals surface area contributed by atoms with Crippen LogP contribution in [0.15, 0.2) is 12.3 Å². The van der Waals surface area contributed by atoms with Crippen LogP contribution in [0.3, 0.4) is 0 Å². The number of carbonyl (C=O) groups excluding carboxylic acids is 2. The van der Waals surface area contributed by atoms with E-state index in [1.807, 2.05) is 0 Å². The van der Waals surface area contributed by atoms with E-state index >= 15 is 0 Å². The van der Waals surface area contributed by atoms with Gasteiger partial charge in [-0.3, -0.25) is 14.7 Å². The molecule has 2 amide bonds. The number of amides is 2. The van der Waals surface area contributed by atoms with Gasteiger partial charge in [-0.2, -0.15) is 5.10 Å². The van der Waals surface area contributed by atoms with Gasteiger partial charge in [-0.15, -0.1) is 0 Å². The van der Waals surface area contributed by atoms with Crippen molar-refractivity contribution in [1.29, 1.82) is 0 Å². The van der Waals surface area contributed by atoms with Gasteiger partial charge >= 0.3 is 0 Å². The first-order valence-electron chi connectivity index (χ1n) is 4.78. The van der Waals surface area contributed by atoms with Crippen LogP contribution in [0.5, 0.6) is 0 Å². The van der Waals surface area contributed by atoms with Crippen LogP contribution in [0.25, 0.3) is 0 Å². The highest BCUT2D eigenvalue weighted by atomic mass is 16.2. The van der Waals surface area contributed by atoms with E-state index in [9.17, 15) is 9.59 Å². The molecule has 15 heavy (non-hydrogen) atoms. The van der Waals surface area contributed by atoms with Crippen molar-refractivity contribution in [3.63, 3.8) is 0 Å². The number of H-pyrrole nitrogens is 1. The maximum Gasteiger partial charge on any atom is 0.225 e. The molecule has 6 nitrogen and oxygen atoms in total. The summed E-state index contributed by atoms with van der Waals surface area (Å²) in [5.41, 5.74) is 0.848. The van der Waals surface area contributed by atoms with Crippen LogP contribution in [0.2, 0.25) is 0 Å². The highest BCUT2D eigenvalue weighted by Crippen LogP contribution is 2.08. The predicted octanol–water partition coefficient (Wildman–Crippen LogP) is -0.838. The predicted molar refractivity (Wildman–Crippen MR) is 51.6 cm³/mol. The van der Waals surface area contributed by atoms with Gasteiger partial charge < -0.3 is 10.6 Å². The van der Waals surface area contributed by atoms with Crippen LogP contribution in [0.4, 0.5) is 0 Å². The van der Waals surface area contributed by atoms with Crippen molar-refractivity contribution in [3.05, 3.63) is 18.0 Å². The lowest BCUT2D eigenvalue weighted by molar-refractivity contribution is -0.126. The topological polar surface area (TPSA) is 86.9 Å². The molecule has 1 aliphatic heterocycles. The smallest absolute Gasteiger partial charge is 0.225 e. The summed E-state index contributed by atoms with van der Waals surface area (Å²) < 4.78 is 0. The molecule has 1 atom stereocenters. The molecule has 6 heteroatoms. The summed E-state index contributed by atoms with van der Waals surface area (Å²) in [4.78, 5) is 22.4. The van der Waals surface area contributed by atoms with Gasteiger partial charge in [0.15, 0.2) is 0 Å². The van der Waals surface area contributed by atoms with Crippen molar-refractivity contribution in [3.8, 4) is 0 Å². The van der Waals surface area contributed by atoms with Crippen molar-refractivity contribution in [1.82, 2.24) is 20.8 Å². The fraction of sp³-hybridized carbons (Fsp3) is 0.444. The maximum atomic E-state index is 11.5. The Morgan fingerprint density at radius 2 is 2.53 bits per heavy atom. The number of aromatic amines is 1. The Morgan fingerprint density at radius 1 is 1.67 bits per heavy atom. The van der Waals surface area contributed by atoms with Gasteiger partial charge in [0.25, 0.3) is 0 Å². The Morgan fingerprint density at radius 3 is 3.13 bits per heavy atom. The van der Waals surface area contributed by atoms with E-state index in [0.29, 0.717) is 13.1 Å². The van der Waals surface area contributed by atoms with E-state index in [1.54, 1.807) is 12.3 Å². The number of nitrogens with one attached hydrogen (secondary N) is 3. The molecule has 0 radical (unpaired) electrons. The first-order chi connectivity index (χ1) is 7.25. The molecule has 0 aliphatic carbocycles. The summed E-state index contributed by atoms with van der Waals surface area (Å²) in [5.74, 6) is -0.389. The number of hydrogen-bond donors (Lipinski definition) is 3. The number of carbonyl (C=O) groups is 2. The van der Waals surface area contributed by atoms with Gasteiger partial charge in [0.05, 0.1) is 18.2 Å². The summed E-state index contributed by atoms with van der Waals surface area (Å²) in [6.45, 7) is 0.858. The maximum absolute atomic E-state index is 11.5. The molecule has 0 saturated carbocycles. The normalized spacial score (nSPS) is 20.0. The van der Waals surface area contributed by atoms with Crippen LogP contribution in [0.1, 0.15) is 12.1 Å². The zero-order valence-electron chi connectivity index (χ0n) is 8.12. The van der Waals surface area contributed by atoms with Crippen LogP contribution in [-0.4, -0.2) is 28.6 Å². The monoisotopic (exact) mass is 208 g/mol. The fourth-order valence-corrected chi connectivity index (χ4v) is 1.50. The molecule has 1 aliphatic rings. The summed E-state index contributed by atoms with van der Waals surface area (Å²) >= 11 is 0. The Balaban J connectivity index is 1.80. The first-order valence-corrected chi connectivity index (χ1v) is 4.78. The first kappa shape index (κ1) is 9.70. The highest BCUT2D eigenvalue weighted by molar-refractivity contribution is 5.89. The molecular weight excluding hydrogens is 196 g/mol. The third-order valence-corrected chi connectivity index (χ3v) is 2.36. The van der Waals surface area contributed by atoms with Crippen molar-refractivity contribution in [2.24, 2.45) is 5.92 Å². The van der Waals surface area contributed by atoms with E-state index in [1.165, 1.54) is 0 Å². The lowest BCUT2D eigenvalue weighted by Crippen LogP contribution is -2.31. The molecule has 1 aromatic heterocycles. The summed E-state index contributed by atoms with van der Waals surface area (Å²) in [6, 6.07) is 1.79. The molecule has 1 aromatic rings. The second kappa shape index (κ2) is 4.12. The quantitative estimate of drug-likeness (QED) is 0.605. The lowest BCUT2D eigenvalue weighted by atomic mass is 10.1. The van der Waals surface area contributed by atoms with Gasteiger partial charge in [-0.25, -0.2) is 0 Å². The second-order valence-corrected chi connectivity index (χ2v) is 3.50. The van der Waals surface area contributed by atoms with Gasteiger partial charge in [0, 0.05) is 19.2 Å². The minimum Gasteiger partial charge on any atom is -0.355 e. The zero-order valence-corrected chi connectivity index (χ0v) is 8.12. The van der Waals surface area contributed by atoms with E-state index in [4.69, 9.17) is 0 Å². The van der Waals surface area contributed by atoms with Crippen molar-refractivity contribution < 1.29 is 9.59 Å². The lowest BCUT2D eigenvalue weighted by Gasteiger charge is -2.07. The molecule has 1 saturated heterocycles. The van der Waals surface area contributed by atoms with Crippen molar-refractivity contribution in [2.45, 2.75) is 13.0 Å². The average molecular weight is 208 g/mol. The highest BCUT2D eigenvalue weighted by Gasteiger charge is 2.27. The molecule has 0 spiro atoms. The van der Waals surface area contributed by atoms with Gasteiger partial charge in [0.1, 0.15) is 0 Å². The third kappa shape index (κ3) is 2.34. The van der Waals surface area contributed by atoms with Crippen LogP contribution in [-0.2, 0) is 16.1 Å². The number of hydrogen-bond acceptors (Lipinski definition) is 3. The molecule has 80 valence electrons. The second-order valence-electron chi connectivity index (χ2n) is 3.50. The van der Waals surface area contributed by atoms with E-state index in [-0.39, 0.29) is 24.2 Å². The van der Waals surface area contributed by atoms with Crippen molar-refractivity contribution in [2.75, 3.05) is 6.54 Å². The SMILES string of the molecule is O=C1CC(C(=O)NCc2ccn[nH]2)CN1. The number of rotatable bonds is 3. The molecule has 2 heterocycles. The molecule has 0 bridgehead atoms. The van der Waals surface area contributed by atoms with Gasteiger partial charge in [-0.05, 0) is 6.07 Å². The Labute approximate surface area is 86.4 Å². The Hall–Kier alpha value is -1.85.